The first-order chi connectivity index (χ1) is 12.2. The molecule has 26 heavy (non-hydrogen) atoms. The summed E-state index contributed by atoms with van der Waals surface area (Å²) in [6.45, 7) is 3.09. The maximum atomic E-state index is 15.5. The quantitative estimate of drug-likeness (QED) is 0.582. The fourth-order valence-corrected chi connectivity index (χ4v) is 2.74. The Morgan fingerprint density at radius 3 is 2.73 bits per heavy atom. The van der Waals surface area contributed by atoms with E-state index in [1.807, 2.05) is 0 Å². The number of carbonyl (C=O) groups is 2. The molecule has 2 atom stereocenters. The van der Waals surface area contributed by atoms with Crippen LogP contribution in [0.2, 0.25) is 5.15 Å². The highest BCUT2D eigenvalue weighted by atomic mass is 35.5. The first-order valence-electron chi connectivity index (χ1n) is 7.45. The number of nitrogens with zero attached hydrogens (tertiary/aromatic N) is 4. The maximum absolute atomic E-state index is 15.5. The second-order valence-corrected chi connectivity index (χ2v) is 6.02. The van der Waals surface area contributed by atoms with Gasteiger partial charge in [-0.05, 0) is 6.92 Å². The van der Waals surface area contributed by atoms with Crippen LogP contribution in [0, 0.1) is 0 Å². The van der Waals surface area contributed by atoms with Crippen LogP contribution < -0.4 is 0 Å². The summed E-state index contributed by atoms with van der Waals surface area (Å²) in [4.78, 5) is 34.4. The molecule has 0 bridgehead atoms. The van der Waals surface area contributed by atoms with Crippen LogP contribution in [0.5, 0.6) is 0 Å². The van der Waals surface area contributed by atoms with Gasteiger partial charge in [0.15, 0.2) is 28.9 Å². The van der Waals surface area contributed by atoms with E-state index in [1.165, 1.54) is 31.1 Å². The summed E-state index contributed by atoms with van der Waals surface area (Å²) in [5, 5.41) is 0.0978. The third kappa shape index (κ3) is 3.07. The molecule has 0 N–H and O–H groups in total. The van der Waals surface area contributed by atoms with E-state index in [0.29, 0.717) is 0 Å². The molecular formula is C15H14ClFN4O5. The van der Waals surface area contributed by atoms with Crippen molar-refractivity contribution in [2.75, 3.05) is 6.61 Å². The number of hydrogen-bond donors (Lipinski definition) is 0. The van der Waals surface area contributed by atoms with E-state index in [-0.39, 0.29) is 27.8 Å². The molecule has 0 fully saturated rings. The van der Waals surface area contributed by atoms with Crippen molar-refractivity contribution in [3.05, 3.63) is 29.3 Å². The van der Waals surface area contributed by atoms with Crippen LogP contribution in [0.1, 0.15) is 27.0 Å². The summed E-state index contributed by atoms with van der Waals surface area (Å²) >= 11 is 5.96. The van der Waals surface area contributed by atoms with Crippen LogP contribution in [-0.2, 0) is 23.8 Å². The molecule has 1 aliphatic rings. The number of fused-ring (bicyclic) bond motifs is 1. The lowest BCUT2D eigenvalue weighted by Crippen LogP contribution is -2.32. The summed E-state index contributed by atoms with van der Waals surface area (Å²) in [5.74, 6) is -1.83. The van der Waals surface area contributed by atoms with Gasteiger partial charge in [0.05, 0.1) is 0 Å². The van der Waals surface area contributed by atoms with E-state index in [0.717, 1.165) is 6.92 Å². The highest BCUT2D eigenvalue weighted by Crippen LogP contribution is 2.45. The number of imidazole rings is 1. The standard InChI is InChI=1S/C15H14ClFN4O5/c1-7(22)24-4-9-11(25-8(2)23)15(3,17)14(26-9)21-6-20-10-12(16)18-5-19-13(10)21/h5-6,14H,4H2,1-3H3/t14-,15?/m1/s1. The maximum Gasteiger partial charge on any atom is 0.307 e. The Labute approximate surface area is 151 Å². The highest BCUT2D eigenvalue weighted by molar-refractivity contribution is 6.33. The van der Waals surface area contributed by atoms with Gasteiger partial charge in [-0.15, -0.1) is 0 Å². The summed E-state index contributed by atoms with van der Waals surface area (Å²) in [7, 11) is 0. The molecule has 1 aliphatic heterocycles. The molecule has 0 amide bonds. The number of rotatable bonds is 4. The van der Waals surface area contributed by atoms with Crippen molar-refractivity contribution in [3.63, 3.8) is 0 Å². The van der Waals surface area contributed by atoms with Gasteiger partial charge >= 0.3 is 11.9 Å². The number of aromatic nitrogens is 4. The van der Waals surface area contributed by atoms with E-state index in [9.17, 15) is 9.59 Å². The number of hydrogen-bond acceptors (Lipinski definition) is 8. The first-order valence-corrected chi connectivity index (χ1v) is 7.83. The molecule has 138 valence electrons. The monoisotopic (exact) mass is 384 g/mol. The second kappa shape index (κ2) is 6.52. The van der Waals surface area contributed by atoms with E-state index in [2.05, 4.69) is 15.0 Å². The summed E-state index contributed by atoms with van der Waals surface area (Å²) in [6.07, 6.45) is 1.18. The van der Waals surface area contributed by atoms with Crippen LogP contribution in [0.4, 0.5) is 4.39 Å². The molecule has 2 aromatic rings. The Hall–Kier alpha value is -2.75. The zero-order chi connectivity index (χ0) is 19.1. The number of ether oxygens (including phenoxy) is 3. The van der Waals surface area contributed by atoms with Crippen LogP contribution in [0.25, 0.3) is 11.2 Å². The Morgan fingerprint density at radius 1 is 1.35 bits per heavy atom. The SMILES string of the molecule is CC(=O)OCC1=C(OC(C)=O)C(C)(F)[C@H](n2cnc3c(Cl)ncnc32)O1. The van der Waals surface area contributed by atoms with E-state index < -0.39 is 30.4 Å². The fourth-order valence-electron chi connectivity index (χ4n) is 2.56. The lowest BCUT2D eigenvalue weighted by atomic mass is 10.1. The van der Waals surface area contributed by atoms with Crippen LogP contribution in [0.3, 0.4) is 0 Å². The third-order valence-electron chi connectivity index (χ3n) is 3.63. The molecule has 3 rings (SSSR count). The molecule has 0 aliphatic carbocycles. The van der Waals surface area contributed by atoms with E-state index in [4.69, 9.17) is 25.8 Å². The van der Waals surface area contributed by atoms with Crippen LogP contribution >= 0.6 is 11.6 Å². The second-order valence-electron chi connectivity index (χ2n) is 5.66. The van der Waals surface area contributed by atoms with Crippen molar-refractivity contribution < 1.29 is 28.2 Å². The molecule has 2 aromatic heterocycles. The molecule has 0 spiro atoms. The van der Waals surface area contributed by atoms with Crippen molar-refractivity contribution in [3.8, 4) is 0 Å². The van der Waals surface area contributed by atoms with Crippen molar-refractivity contribution >= 4 is 34.7 Å². The van der Waals surface area contributed by atoms with Gasteiger partial charge in [-0.1, -0.05) is 11.6 Å². The lowest BCUT2D eigenvalue weighted by molar-refractivity contribution is -0.141. The Balaban J connectivity index is 2.03. The molecule has 0 saturated carbocycles. The molecule has 9 nitrogen and oxygen atoms in total. The van der Waals surface area contributed by atoms with E-state index in [1.54, 1.807) is 0 Å². The topological polar surface area (TPSA) is 105 Å². The summed E-state index contributed by atoms with van der Waals surface area (Å²) in [5.41, 5.74) is -1.78. The minimum atomic E-state index is -2.27. The zero-order valence-electron chi connectivity index (χ0n) is 14.0. The third-order valence-corrected chi connectivity index (χ3v) is 3.91. The van der Waals surface area contributed by atoms with Gasteiger partial charge in [-0.2, -0.15) is 0 Å². The Morgan fingerprint density at radius 2 is 2.08 bits per heavy atom. The minimum Gasteiger partial charge on any atom is -0.463 e. The van der Waals surface area contributed by atoms with Crippen molar-refractivity contribution in [2.45, 2.75) is 32.7 Å². The molecule has 0 aromatic carbocycles. The van der Waals surface area contributed by atoms with Gasteiger partial charge in [0.2, 0.25) is 11.9 Å². The van der Waals surface area contributed by atoms with Gasteiger partial charge in [-0.3, -0.25) is 14.2 Å². The number of halogens is 2. The molecule has 0 saturated heterocycles. The van der Waals surface area contributed by atoms with Crippen LogP contribution in [0.15, 0.2) is 24.2 Å². The Kier molecular flexibility index (Phi) is 4.53. The number of esters is 2. The summed E-state index contributed by atoms with van der Waals surface area (Å²) in [6, 6.07) is 0. The van der Waals surface area contributed by atoms with Gasteiger partial charge in [0, 0.05) is 13.8 Å². The zero-order valence-corrected chi connectivity index (χ0v) is 14.8. The van der Waals surface area contributed by atoms with E-state index >= 15 is 4.39 Å². The smallest absolute Gasteiger partial charge is 0.307 e. The normalized spacial score (nSPS) is 22.4. The minimum absolute atomic E-state index is 0.0978. The first kappa shape index (κ1) is 18.1. The molecule has 0 radical (unpaired) electrons. The van der Waals surface area contributed by atoms with Crippen molar-refractivity contribution in [1.82, 2.24) is 19.5 Å². The lowest BCUT2D eigenvalue weighted by Gasteiger charge is -2.24. The highest BCUT2D eigenvalue weighted by Gasteiger charge is 2.52. The molecule has 1 unspecified atom stereocenters. The van der Waals surface area contributed by atoms with Gasteiger partial charge in [0.1, 0.15) is 18.2 Å². The van der Waals surface area contributed by atoms with Gasteiger partial charge in [-0.25, -0.2) is 19.3 Å². The Bertz CT molecular complexity index is 926. The molecule has 3 heterocycles. The molecule has 11 heteroatoms. The fraction of sp³-hybridized carbons (Fsp3) is 0.400. The number of alkyl halides is 1. The van der Waals surface area contributed by atoms with Crippen molar-refractivity contribution in [2.24, 2.45) is 0 Å². The van der Waals surface area contributed by atoms with Gasteiger partial charge < -0.3 is 14.2 Å². The average Bonchev–Trinajstić information content (AvgIpc) is 3.06. The van der Waals surface area contributed by atoms with Crippen LogP contribution in [-0.4, -0.2) is 43.7 Å². The predicted molar refractivity (Wildman–Crippen MR) is 85.4 cm³/mol. The average molecular weight is 385 g/mol. The number of carbonyl (C=O) groups excluding carboxylic acids is 2. The largest absolute Gasteiger partial charge is 0.463 e. The van der Waals surface area contributed by atoms with Crippen molar-refractivity contribution in [1.29, 1.82) is 0 Å². The molecular weight excluding hydrogens is 371 g/mol. The summed E-state index contributed by atoms with van der Waals surface area (Å²) < 4.78 is 32.3. The predicted octanol–water partition coefficient (Wildman–Crippen LogP) is 2.07. The van der Waals surface area contributed by atoms with Gasteiger partial charge in [0.25, 0.3) is 0 Å².